The van der Waals surface area contributed by atoms with Gasteiger partial charge in [0.25, 0.3) is 0 Å². The van der Waals surface area contributed by atoms with Crippen LogP contribution in [0.25, 0.3) is 0 Å². The van der Waals surface area contributed by atoms with Gasteiger partial charge in [-0.25, -0.2) is 0 Å². The van der Waals surface area contributed by atoms with Gasteiger partial charge >= 0.3 is 0 Å². The van der Waals surface area contributed by atoms with E-state index in [-0.39, 0.29) is 0 Å². The molecule has 2 heteroatoms. The lowest BCUT2D eigenvalue weighted by Crippen LogP contribution is -1.80. The first-order valence-corrected chi connectivity index (χ1v) is 3.15. The van der Waals surface area contributed by atoms with E-state index in [0.29, 0.717) is 0 Å². The highest BCUT2D eigenvalue weighted by Gasteiger charge is 1.81. The number of thioether (sulfide) groups is 1. The largest absolute Gasteiger partial charge is 0.298 e. The van der Waals surface area contributed by atoms with Crippen LogP contribution in [0.2, 0.25) is 0 Å². The van der Waals surface area contributed by atoms with Crippen LogP contribution in [-0.2, 0) is 0 Å². The zero-order valence-electron chi connectivity index (χ0n) is 4.12. The Morgan fingerprint density at radius 2 is 2.33 bits per heavy atom. The van der Waals surface area contributed by atoms with Crippen LogP contribution < -0.4 is 0 Å². The molecule has 6 heavy (non-hydrogen) atoms. The summed E-state index contributed by atoms with van der Waals surface area (Å²) >= 11 is 1.51. The summed E-state index contributed by atoms with van der Waals surface area (Å²) in [6.45, 7) is 1.98. The summed E-state index contributed by atoms with van der Waals surface area (Å²) in [5.74, 6) is 0. The second kappa shape index (κ2) is 3.22. The first kappa shape index (κ1) is 6.02. The Bertz CT molecular complexity index is 45.5. The molecule has 0 aliphatic heterocycles. The molecule has 0 unspecified atom stereocenters. The number of hydrogen-bond acceptors (Lipinski definition) is 2. The third kappa shape index (κ3) is 2.27. The molecule has 0 radical (unpaired) electrons. The van der Waals surface area contributed by atoms with E-state index in [1.54, 1.807) is 0 Å². The Hall–Kier alpha value is 0.0200. The Morgan fingerprint density at radius 3 is 2.33 bits per heavy atom. The number of hydrogen-bond donors (Lipinski definition) is 1. The maximum atomic E-state index is 6.95. The van der Waals surface area contributed by atoms with Gasteiger partial charge in [0.15, 0.2) is 0 Å². The Kier molecular flexibility index (Phi) is 3.23. The van der Waals surface area contributed by atoms with Crippen molar-refractivity contribution in [2.45, 2.75) is 13.3 Å². The molecule has 0 rings (SSSR count). The van der Waals surface area contributed by atoms with Gasteiger partial charge in [0.2, 0.25) is 0 Å². The molecule has 0 amide bonds. The van der Waals surface area contributed by atoms with Crippen LogP contribution in [0.4, 0.5) is 0 Å². The van der Waals surface area contributed by atoms with E-state index >= 15 is 0 Å². The molecule has 0 fully saturated rings. The summed E-state index contributed by atoms with van der Waals surface area (Å²) < 4.78 is 0. The molecule has 0 aromatic rings. The van der Waals surface area contributed by atoms with E-state index in [9.17, 15) is 0 Å². The smallest absolute Gasteiger partial charge is 0.0636 e. The molecule has 1 N–H and O–H groups in total. The van der Waals surface area contributed by atoms with Gasteiger partial charge in [0.05, 0.1) is 5.04 Å². The summed E-state index contributed by atoms with van der Waals surface area (Å²) in [6, 6.07) is 0. The van der Waals surface area contributed by atoms with Crippen LogP contribution in [-0.4, -0.2) is 11.3 Å². The molecular weight excluding hydrogens is 94.1 g/mol. The van der Waals surface area contributed by atoms with Crippen LogP contribution in [0.1, 0.15) is 13.3 Å². The van der Waals surface area contributed by atoms with Crippen LogP contribution in [0.5, 0.6) is 0 Å². The van der Waals surface area contributed by atoms with Crippen LogP contribution in [0, 0.1) is 5.41 Å². The SMILES string of the molecule is CCC(=N)SC. The lowest BCUT2D eigenvalue weighted by atomic mass is 10.5. The van der Waals surface area contributed by atoms with Crippen LogP contribution in [0.3, 0.4) is 0 Å². The predicted octanol–water partition coefficient (Wildman–Crippen LogP) is 1.74. The number of nitrogens with one attached hydrogen (secondary N) is 1. The molecule has 0 atom stereocenters. The summed E-state index contributed by atoms with van der Waals surface area (Å²) in [7, 11) is 0. The molecule has 0 aromatic carbocycles. The fraction of sp³-hybridized carbons (Fsp3) is 0.750. The summed E-state index contributed by atoms with van der Waals surface area (Å²) in [5, 5.41) is 7.71. The Morgan fingerprint density at radius 1 is 1.83 bits per heavy atom. The zero-order chi connectivity index (χ0) is 4.99. The van der Waals surface area contributed by atoms with E-state index in [4.69, 9.17) is 5.41 Å². The van der Waals surface area contributed by atoms with E-state index in [1.165, 1.54) is 11.8 Å². The Labute approximate surface area is 42.6 Å². The Balaban J connectivity index is 2.99. The maximum absolute atomic E-state index is 6.95. The van der Waals surface area contributed by atoms with E-state index < -0.39 is 0 Å². The highest BCUT2D eigenvalue weighted by atomic mass is 32.2. The third-order valence-corrected chi connectivity index (χ3v) is 1.35. The van der Waals surface area contributed by atoms with Gasteiger partial charge in [0.1, 0.15) is 0 Å². The zero-order valence-corrected chi connectivity index (χ0v) is 4.93. The fourth-order valence-corrected chi connectivity index (χ4v) is 0.433. The van der Waals surface area contributed by atoms with Gasteiger partial charge in [0, 0.05) is 0 Å². The molecule has 36 valence electrons. The van der Waals surface area contributed by atoms with Gasteiger partial charge in [-0.05, 0) is 12.7 Å². The highest BCUT2D eigenvalue weighted by Crippen LogP contribution is 1.96. The van der Waals surface area contributed by atoms with Crippen LogP contribution in [0.15, 0.2) is 0 Å². The summed E-state index contributed by atoms with van der Waals surface area (Å²) in [4.78, 5) is 0. The topological polar surface area (TPSA) is 23.9 Å². The average Bonchev–Trinajstić information content (AvgIpc) is 1.65. The quantitative estimate of drug-likeness (QED) is 0.396. The van der Waals surface area contributed by atoms with Gasteiger partial charge in [-0.15, -0.1) is 11.8 Å². The van der Waals surface area contributed by atoms with Crippen molar-refractivity contribution in [3.05, 3.63) is 0 Å². The first-order chi connectivity index (χ1) is 2.81. The van der Waals surface area contributed by atoms with Gasteiger partial charge in [-0.1, -0.05) is 6.92 Å². The first-order valence-electron chi connectivity index (χ1n) is 1.92. The molecule has 0 bridgehead atoms. The van der Waals surface area contributed by atoms with Crippen molar-refractivity contribution in [1.82, 2.24) is 0 Å². The van der Waals surface area contributed by atoms with Crippen molar-refractivity contribution in [2.24, 2.45) is 0 Å². The molecular formula is C4H9NS. The molecule has 0 heterocycles. The monoisotopic (exact) mass is 103 g/mol. The molecule has 0 aromatic heterocycles. The van der Waals surface area contributed by atoms with Crippen molar-refractivity contribution in [3.8, 4) is 0 Å². The minimum absolute atomic E-state index is 0.759. The van der Waals surface area contributed by atoms with Crippen LogP contribution >= 0.6 is 11.8 Å². The summed E-state index contributed by atoms with van der Waals surface area (Å²) in [5.41, 5.74) is 0. The molecule has 0 aliphatic rings. The minimum atomic E-state index is 0.759. The maximum Gasteiger partial charge on any atom is 0.0636 e. The van der Waals surface area contributed by atoms with E-state index in [1.807, 2.05) is 13.2 Å². The predicted molar refractivity (Wildman–Crippen MR) is 31.5 cm³/mol. The fourth-order valence-electron chi connectivity index (χ4n) is 0.144. The molecule has 1 nitrogen and oxygen atoms in total. The standard InChI is InChI=1S/C4H9NS/c1-3-4(5)6-2/h5H,3H2,1-2H3. The van der Waals surface area contributed by atoms with Crippen molar-refractivity contribution in [2.75, 3.05) is 6.26 Å². The van der Waals surface area contributed by atoms with Gasteiger partial charge in [-0.2, -0.15) is 0 Å². The van der Waals surface area contributed by atoms with Gasteiger partial charge in [-0.3, -0.25) is 5.41 Å². The second-order valence-corrected chi connectivity index (χ2v) is 1.88. The lowest BCUT2D eigenvalue weighted by molar-refractivity contribution is 1.28. The van der Waals surface area contributed by atoms with Crippen molar-refractivity contribution in [3.63, 3.8) is 0 Å². The van der Waals surface area contributed by atoms with E-state index in [0.717, 1.165) is 11.5 Å². The number of rotatable bonds is 1. The van der Waals surface area contributed by atoms with Crippen molar-refractivity contribution < 1.29 is 0 Å². The van der Waals surface area contributed by atoms with Crippen molar-refractivity contribution in [1.29, 1.82) is 5.41 Å². The lowest BCUT2D eigenvalue weighted by Gasteiger charge is -1.86. The minimum Gasteiger partial charge on any atom is -0.298 e. The average molecular weight is 103 g/mol. The van der Waals surface area contributed by atoms with Gasteiger partial charge < -0.3 is 0 Å². The normalized spacial score (nSPS) is 8.33. The summed E-state index contributed by atoms with van der Waals surface area (Å²) in [6.07, 6.45) is 2.80. The molecule has 0 spiro atoms. The highest BCUT2D eigenvalue weighted by molar-refractivity contribution is 8.13. The third-order valence-electron chi connectivity index (χ3n) is 0.568. The van der Waals surface area contributed by atoms with Crippen molar-refractivity contribution >= 4 is 16.8 Å². The molecule has 0 aliphatic carbocycles. The second-order valence-electron chi connectivity index (χ2n) is 0.981. The molecule has 0 saturated heterocycles. The molecule has 0 saturated carbocycles. The van der Waals surface area contributed by atoms with E-state index in [2.05, 4.69) is 0 Å².